The largest absolute Gasteiger partial charge is 0.362 e. The quantitative estimate of drug-likeness (QED) is 0.613. The highest BCUT2D eigenvalue weighted by molar-refractivity contribution is 8.01. The lowest BCUT2D eigenvalue weighted by molar-refractivity contribution is -0.384. The number of rotatable bonds is 4. The molecule has 2 heterocycles. The lowest BCUT2D eigenvalue weighted by Crippen LogP contribution is -2.50. The number of anilines is 2. The van der Waals surface area contributed by atoms with E-state index in [1.54, 1.807) is 23.1 Å². The molecule has 1 fully saturated rings. The summed E-state index contributed by atoms with van der Waals surface area (Å²) in [6.07, 6.45) is 0.135. The Kier molecular flexibility index (Phi) is 5.39. The molecule has 0 spiro atoms. The van der Waals surface area contributed by atoms with Crippen molar-refractivity contribution in [3.05, 3.63) is 58.6 Å². The van der Waals surface area contributed by atoms with E-state index >= 15 is 0 Å². The number of thioether (sulfide) groups is 1. The van der Waals surface area contributed by atoms with Gasteiger partial charge < -0.3 is 15.1 Å². The maximum atomic E-state index is 12.7. The number of carbonyl (C=O) groups excluding carboxylic acids is 2. The number of fused-ring (bicyclic) bond motifs is 1. The fourth-order valence-corrected chi connectivity index (χ4v) is 4.70. The van der Waals surface area contributed by atoms with Gasteiger partial charge in [0.05, 0.1) is 15.9 Å². The third kappa shape index (κ3) is 4.04. The predicted octanol–water partition coefficient (Wildman–Crippen LogP) is 2.75. The molecule has 0 aromatic heterocycles. The number of nitrogens with zero attached hydrogens (tertiary/aromatic N) is 3. The number of nitrogens with one attached hydrogen (secondary N) is 1. The summed E-state index contributed by atoms with van der Waals surface area (Å²) < 4.78 is 0. The van der Waals surface area contributed by atoms with Crippen LogP contribution >= 0.6 is 11.8 Å². The van der Waals surface area contributed by atoms with Gasteiger partial charge in [0.2, 0.25) is 11.8 Å². The van der Waals surface area contributed by atoms with Crippen LogP contribution < -0.4 is 10.2 Å². The van der Waals surface area contributed by atoms with Crippen LogP contribution in [0.3, 0.4) is 0 Å². The van der Waals surface area contributed by atoms with Crippen LogP contribution in [0.1, 0.15) is 6.42 Å². The van der Waals surface area contributed by atoms with Crippen molar-refractivity contribution in [3.8, 4) is 0 Å². The molecule has 8 nitrogen and oxygen atoms in total. The average molecular weight is 412 g/mol. The molecule has 0 saturated carbocycles. The molecule has 0 aliphatic carbocycles. The van der Waals surface area contributed by atoms with Gasteiger partial charge in [-0.15, -0.1) is 11.8 Å². The van der Waals surface area contributed by atoms with E-state index in [9.17, 15) is 19.7 Å². The lowest BCUT2D eigenvalue weighted by atomic mass is 10.2. The Morgan fingerprint density at radius 2 is 1.79 bits per heavy atom. The summed E-state index contributed by atoms with van der Waals surface area (Å²) in [5.74, 6) is -0.222. The van der Waals surface area contributed by atoms with E-state index in [1.165, 1.54) is 17.8 Å². The predicted molar refractivity (Wildman–Crippen MR) is 111 cm³/mol. The van der Waals surface area contributed by atoms with Crippen LogP contribution in [0.15, 0.2) is 53.4 Å². The highest BCUT2D eigenvalue weighted by Crippen LogP contribution is 2.37. The van der Waals surface area contributed by atoms with Gasteiger partial charge in [-0.1, -0.05) is 24.3 Å². The molecule has 0 bridgehead atoms. The number of nitro groups is 1. The van der Waals surface area contributed by atoms with Crippen molar-refractivity contribution < 1.29 is 14.5 Å². The van der Waals surface area contributed by atoms with Crippen molar-refractivity contribution in [2.24, 2.45) is 0 Å². The first-order valence-corrected chi connectivity index (χ1v) is 10.2. The van der Waals surface area contributed by atoms with E-state index in [2.05, 4.69) is 5.32 Å². The molecule has 2 aliphatic heterocycles. The Bertz CT molecular complexity index is 959. The number of benzene rings is 2. The molecule has 2 aliphatic rings. The van der Waals surface area contributed by atoms with E-state index in [0.29, 0.717) is 31.9 Å². The van der Waals surface area contributed by atoms with Crippen LogP contribution in [0, 0.1) is 10.1 Å². The van der Waals surface area contributed by atoms with Gasteiger partial charge in [-0.3, -0.25) is 19.7 Å². The SMILES string of the molecule is O=C1Nc2ccccc2S[C@@H]1CC(=O)N1CCN(c2ccccc2[N+](=O)[O-])CC1. The standard InChI is InChI=1S/C20H20N4O4S/c25-19(13-18-20(26)21-14-5-1-4-8-17(14)29-18)23-11-9-22(10-12-23)15-6-2-3-7-16(15)24(27)28/h1-8,18H,9-13H2,(H,21,26)/t18-/m1/s1. The van der Waals surface area contributed by atoms with E-state index in [4.69, 9.17) is 0 Å². The average Bonchev–Trinajstić information content (AvgIpc) is 2.74. The van der Waals surface area contributed by atoms with Crippen LogP contribution in [-0.2, 0) is 9.59 Å². The Hall–Kier alpha value is -3.07. The summed E-state index contributed by atoms with van der Waals surface area (Å²) in [5.41, 5.74) is 1.42. The number of para-hydroxylation sites is 3. The summed E-state index contributed by atoms with van der Waals surface area (Å²) in [4.78, 5) is 40.6. The van der Waals surface area contributed by atoms with Crippen LogP contribution in [0.25, 0.3) is 0 Å². The Labute approximate surface area is 172 Å². The van der Waals surface area contributed by atoms with Crippen molar-refractivity contribution in [1.82, 2.24) is 4.90 Å². The topological polar surface area (TPSA) is 95.8 Å². The summed E-state index contributed by atoms with van der Waals surface area (Å²) in [5, 5.41) is 13.7. The second-order valence-corrected chi connectivity index (χ2v) is 8.15. The molecule has 2 aromatic rings. The van der Waals surface area contributed by atoms with Gasteiger partial charge in [-0.25, -0.2) is 0 Å². The molecule has 2 amide bonds. The minimum atomic E-state index is -0.453. The molecule has 2 aromatic carbocycles. The first kappa shape index (κ1) is 19.3. The fourth-order valence-electron chi connectivity index (χ4n) is 3.60. The van der Waals surface area contributed by atoms with Crippen LogP contribution in [0.2, 0.25) is 0 Å². The molecule has 1 N–H and O–H groups in total. The molecule has 1 saturated heterocycles. The minimum absolute atomic E-state index is 0.0701. The summed E-state index contributed by atoms with van der Waals surface area (Å²) in [6.45, 7) is 1.98. The van der Waals surface area contributed by atoms with Gasteiger partial charge in [-0.2, -0.15) is 0 Å². The molecular weight excluding hydrogens is 392 g/mol. The van der Waals surface area contributed by atoms with Gasteiger partial charge in [0.25, 0.3) is 5.69 Å². The zero-order valence-corrected chi connectivity index (χ0v) is 16.4. The summed E-state index contributed by atoms with van der Waals surface area (Å²) in [6, 6.07) is 14.2. The first-order valence-electron chi connectivity index (χ1n) is 9.35. The molecular formula is C20H20N4O4S. The first-order chi connectivity index (χ1) is 14.0. The van der Waals surface area contributed by atoms with E-state index in [-0.39, 0.29) is 28.8 Å². The second-order valence-electron chi connectivity index (χ2n) is 6.91. The zero-order valence-electron chi connectivity index (χ0n) is 15.6. The van der Waals surface area contributed by atoms with Crippen molar-refractivity contribution in [2.75, 3.05) is 36.4 Å². The third-order valence-electron chi connectivity index (χ3n) is 5.12. The summed E-state index contributed by atoms with van der Waals surface area (Å²) >= 11 is 1.42. The molecule has 9 heteroatoms. The van der Waals surface area contributed by atoms with Crippen LogP contribution in [-0.4, -0.2) is 53.1 Å². The number of amides is 2. The zero-order chi connectivity index (χ0) is 20.4. The number of nitro benzene ring substituents is 1. The number of carbonyl (C=O) groups is 2. The van der Waals surface area contributed by atoms with Crippen molar-refractivity contribution in [1.29, 1.82) is 0 Å². The Morgan fingerprint density at radius 1 is 1.10 bits per heavy atom. The maximum Gasteiger partial charge on any atom is 0.292 e. The molecule has 0 radical (unpaired) electrons. The number of hydrogen-bond acceptors (Lipinski definition) is 6. The van der Waals surface area contributed by atoms with Crippen LogP contribution in [0.5, 0.6) is 0 Å². The smallest absolute Gasteiger partial charge is 0.292 e. The molecule has 1 atom stereocenters. The van der Waals surface area contributed by atoms with Crippen molar-refractivity contribution in [2.45, 2.75) is 16.6 Å². The highest BCUT2D eigenvalue weighted by atomic mass is 32.2. The number of piperazine rings is 1. The second kappa shape index (κ2) is 8.12. The molecule has 4 rings (SSSR count). The molecule has 0 unspecified atom stereocenters. The Balaban J connectivity index is 1.36. The van der Waals surface area contributed by atoms with Crippen molar-refractivity contribution >= 4 is 40.6 Å². The maximum absolute atomic E-state index is 12.7. The van der Waals surface area contributed by atoms with Gasteiger partial charge in [0.15, 0.2) is 0 Å². The number of hydrogen-bond donors (Lipinski definition) is 1. The minimum Gasteiger partial charge on any atom is -0.362 e. The third-order valence-corrected chi connectivity index (χ3v) is 6.39. The Morgan fingerprint density at radius 3 is 2.55 bits per heavy atom. The monoisotopic (exact) mass is 412 g/mol. The van der Waals surface area contributed by atoms with E-state index in [1.807, 2.05) is 29.2 Å². The molecule has 150 valence electrons. The van der Waals surface area contributed by atoms with Gasteiger partial charge in [0, 0.05) is 43.6 Å². The van der Waals surface area contributed by atoms with Crippen LogP contribution in [0.4, 0.5) is 17.1 Å². The molecule has 29 heavy (non-hydrogen) atoms. The fraction of sp³-hybridized carbons (Fsp3) is 0.300. The normalized spacial score (nSPS) is 18.8. The lowest BCUT2D eigenvalue weighted by Gasteiger charge is -2.36. The van der Waals surface area contributed by atoms with Gasteiger partial charge >= 0.3 is 0 Å². The van der Waals surface area contributed by atoms with E-state index < -0.39 is 5.25 Å². The van der Waals surface area contributed by atoms with Gasteiger partial charge in [0.1, 0.15) is 5.69 Å². The van der Waals surface area contributed by atoms with Crippen molar-refractivity contribution in [3.63, 3.8) is 0 Å². The van der Waals surface area contributed by atoms with E-state index in [0.717, 1.165) is 10.6 Å². The van der Waals surface area contributed by atoms with Gasteiger partial charge in [-0.05, 0) is 18.2 Å². The highest BCUT2D eigenvalue weighted by Gasteiger charge is 2.32. The summed E-state index contributed by atoms with van der Waals surface area (Å²) in [7, 11) is 0.